The van der Waals surface area contributed by atoms with Crippen LogP contribution in [0.2, 0.25) is 0 Å². The zero-order valence-electron chi connectivity index (χ0n) is 12.8. The van der Waals surface area contributed by atoms with Crippen LogP contribution in [0, 0.1) is 6.92 Å². The lowest BCUT2D eigenvalue weighted by molar-refractivity contribution is -0.111. The van der Waals surface area contributed by atoms with Gasteiger partial charge < -0.3 is 16.0 Å². The molecular formula is C18H18N4O. The van der Waals surface area contributed by atoms with E-state index in [9.17, 15) is 4.79 Å². The van der Waals surface area contributed by atoms with Gasteiger partial charge in [0, 0.05) is 22.6 Å². The Morgan fingerprint density at radius 2 is 2.13 bits per heavy atom. The summed E-state index contributed by atoms with van der Waals surface area (Å²) in [4.78, 5) is 15.9. The summed E-state index contributed by atoms with van der Waals surface area (Å²) in [7, 11) is 0. The van der Waals surface area contributed by atoms with Crippen LogP contribution in [0.25, 0.3) is 0 Å². The highest BCUT2D eigenvalue weighted by Crippen LogP contribution is 2.32. The number of benzene rings is 2. The molecule has 5 nitrogen and oxygen atoms in total. The number of aliphatic imine (C=N–C) groups is 1. The van der Waals surface area contributed by atoms with Crippen LogP contribution in [0.5, 0.6) is 0 Å². The maximum Gasteiger partial charge on any atom is 0.247 e. The lowest BCUT2D eigenvalue weighted by Crippen LogP contribution is -2.17. The predicted octanol–water partition coefficient (Wildman–Crippen LogP) is 3.68. The van der Waals surface area contributed by atoms with Gasteiger partial charge in [0.2, 0.25) is 5.91 Å². The summed E-state index contributed by atoms with van der Waals surface area (Å²) < 4.78 is 0. The van der Waals surface area contributed by atoms with Gasteiger partial charge in [-0.2, -0.15) is 0 Å². The number of hydrogen-bond acceptors (Lipinski definition) is 4. The Kier molecular flexibility index (Phi) is 4.10. The van der Waals surface area contributed by atoms with E-state index in [-0.39, 0.29) is 12.1 Å². The number of nitrogens with one attached hydrogen (secondary N) is 3. The van der Waals surface area contributed by atoms with Crippen LogP contribution in [0.15, 0.2) is 60.1 Å². The van der Waals surface area contributed by atoms with Gasteiger partial charge in [-0.05, 0) is 42.8 Å². The quantitative estimate of drug-likeness (QED) is 0.755. The Hall–Kier alpha value is -3.08. The fourth-order valence-electron chi connectivity index (χ4n) is 2.46. The van der Waals surface area contributed by atoms with Gasteiger partial charge in [-0.15, -0.1) is 0 Å². The van der Waals surface area contributed by atoms with Crippen molar-refractivity contribution in [2.75, 3.05) is 16.0 Å². The van der Waals surface area contributed by atoms with Crippen LogP contribution in [-0.4, -0.2) is 12.2 Å². The van der Waals surface area contributed by atoms with Crippen molar-refractivity contribution in [1.82, 2.24) is 0 Å². The molecule has 2 aromatic carbocycles. The highest BCUT2D eigenvalue weighted by Gasteiger charge is 2.17. The molecule has 0 aliphatic carbocycles. The first-order chi connectivity index (χ1) is 11.2. The molecule has 0 saturated carbocycles. The molecule has 0 aromatic heterocycles. The summed E-state index contributed by atoms with van der Waals surface area (Å²) in [6, 6.07) is 13.8. The van der Waals surface area contributed by atoms with E-state index in [0.717, 1.165) is 16.9 Å². The Morgan fingerprint density at radius 3 is 2.91 bits per heavy atom. The molecule has 5 heteroatoms. The van der Waals surface area contributed by atoms with Crippen LogP contribution in [0.1, 0.15) is 17.3 Å². The minimum Gasteiger partial charge on any atom is -0.360 e. The van der Waals surface area contributed by atoms with Gasteiger partial charge in [-0.25, -0.2) is 4.99 Å². The average molecular weight is 306 g/mol. The largest absolute Gasteiger partial charge is 0.360 e. The molecule has 1 unspecified atom stereocenters. The van der Waals surface area contributed by atoms with Crippen LogP contribution < -0.4 is 16.0 Å². The number of rotatable bonds is 4. The minimum absolute atomic E-state index is 0.169. The lowest BCUT2D eigenvalue weighted by Gasteiger charge is -2.23. The molecule has 0 radical (unpaired) electrons. The zero-order valence-corrected chi connectivity index (χ0v) is 12.8. The highest BCUT2D eigenvalue weighted by molar-refractivity contribution is 5.99. The van der Waals surface area contributed by atoms with Crippen molar-refractivity contribution in [1.29, 1.82) is 0 Å². The van der Waals surface area contributed by atoms with E-state index in [0.29, 0.717) is 5.69 Å². The maximum absolute atomic E-state index is 11.4. The highest BCUT2D eigenvalue weighted by atomic mass is 16.1. The number of anilines is 3. The summed E-state index contributed by atoms with van der Waals surface area (Å²) in [5.74, 6) is -0.233. The SMILES string of the molecule is C=CC(=O)Nc1ccc2c(c1)NC=NC2Nc1cccc(C)c1. The predicted molar refractivity (Wildman–Crippen MR) is 94.9 cm³/mol. The number of amides is 1. The molecule has 3 rings (SSSR count). The van der Waals surface area contributed by atoms with E-state index in [1.165, 1.54) is 11.6 Å². The van der Waals surface area contributed by atoms with Gasteiger partial charge in [-0.1, -0.05) is 24.8 Å². The number of fused-ring (bicyclic) bond motifs is 1. The molecule has 0 spiro atoms. The van der Waals surface area contributed by atoms with Crippen molar-refractivity contribution >= 4 is 29.3 Å². The van der Waals surface area contributed by atoms with Gasteiger partial charge >= 0.3 is 0 Å². The smallest absolute Gasteiger partial charge is 0.247 e. The lowest BCUT2D eigenvalue weighted by atomic mass is 10.1. The van der Waals surface area contributed by atoms with Crippen molar-refractivity contribution in [2.45, 2.75) is 13.1 Å². The number of aryl methyl sites for hydroxylation is 1. The van der Waals surface area contributed by atoms with Gasteiger partial charge in [0.25, 0.3) is 0 Å². The Bertz CT molecular complexity index is 782. The van der Waals surface area contributed by atoms with E-state index >= 15 is 0 Å². The number of nitrogens with zero attached hydrogens (tertiary/aromatic N) is 1. The summed E-state index contributed by atoms with van der Waals surface area (Å²) in [6.07, 6.45) is 2.74. The Labute approximate surface area is 135 Å². The Balaban J connectivity index is 1.83. The summed E-state index contributed by atoms with van der Waals surface area (Å²) >= 11 is 0. The molecule has 1 aliphatic heterocycles. The zero-order chi connectivity index (χ0) is 16.2. The molecule has 2 aromatic rings. The van der Waals surface area contributed by atoms with E-state index < -0.39 is 0 Å². The number of hydrogen-bond donors (Lipinski definition) is 3. The maximum atomic E-state index is 11.4. The molecule has 3 N–H and O–H groups in total. The molecule has 116 valence electrons. The fourth-order valence-corrected chi connectivity index (χ4v) is 2.46. The normalized spacial score (nSPS) is 15.3. The standard InChI is InChI=1S/C18H18N4O/c1-3-17(23)21-14-7-8-15-16(10-14)19-11-20-18(15)22-13-6-4-5-12(2)9-13/h3-11,18,22H,1H2,2H3,(H,19,20)(H,21,23). The minimum atomic E-state index is -0.233. The van der Waals surface area contributed by atoms with Gasteiger partial charge in [0.05, 0.1) is 6.34 Å². The van der Waals surface area contributed by atoms with Crippen LogP contribution in [0.4, 0.5) is 17.1 Å². The van der Waals surface area contributed by atoms with Crippen molar-refractivity contribution < 1.29 is 4.79 Å². The monoisotopic (exact) mass is 306 g/mol. The first-order valence-electron chi connectivity index (χ1n) is 7.34. The van der Waals surface area contributed by atoms with E-state index in [1.54, 1.807) is 6.34 Å². The molecule has 1 aliphatic rings. The third-order valence-corrected chi connectivity index (χ3v) is 3.57. The second-order valence-electron chi connectivity index (χ2n) is 5.33. The molecule has 1 amide bonds. The van der Waals surface area contributed by atoms with E-state index in [2.05, 4.69) is 46.6 Å². The van der Waals surface area contributed by atoms with Gasteiger partial charge in [0.15, 0.2) is 0 Å². The summed E-state index contributed by atoms with van der Waals surface area (Å²) in [5, 5.41) is 9.27. The van der Waals surface area contributed by atoms with Crippen LogP contribution in [-0.2, 0) is 4.79 Å². The first-order valence-corrected chi connectivity index (χ1v) is 7.34. The number of carbonyl (C=O) groups is 1. The Morgan fingerprint density at radius 1 is 1.26 bits per heavy atom. The molecule has 1 atom stereocenters. The molecule has 0 bridgehead atoms. The van der Waals surface area contributed by atoms with Crippen molar-refractivity contribution in [2.24, 2.45) is 4.99 Å². The molecular weight excluding hydrogens is 288 g/mol. The second kappa shape index (κ2) is 6.36. The van der Waals surface area contributed by atoms with Gasteiger partial charge in [-0.3, -0.25) is 4.79 Å². The topological polar surface area (TPSA) is 65.5 Å². The fraction of sp³-hybridized carbons (Fsp3) is 0.111. The third kappa shape index (κ3) is 3.40. The van der Waals surface area contributed by atoms with Gasteiger partial charge in [0.1, 0.15) is 6.17 Å². The first kappa shape index (κ1) is 14.8. The van der Waals surface area contributed by atoms with Crippen LogP contribution in [0.3, 0.4) is 0 Å². The molecule has 23 heavy (non-hydrogen) atoms. The van der Waals surface area contributed by atoms with Crippen molar-refractivity contribution in [3.63, 3.8) is 0 Å². The van der Waals surface area contributed by atoms with Crippen molar-refractivity contribution in [3.8, 4) is 0 Å². The van der Waals surface area contributed by atoms with E-state index in [1.807, 2.05) is 30.3 Å². The van der Waals surface area contributed by atoms with Crippen LogP contribution >= 0.6 is 0 Å². The molecule has 1 heterocycles. The second-order valence-corrected chi connectivity index (χ2v) is 5.33. The van der Waals surface area contributed by atoms with Crippen molar-refractivity contribution in [3.05, 3.63) is 66.2 Å². The third-order valence-electron chi connectivity index (χ3n) is 3.57. The number of carbonyl (C=O) groups excluding carboxylic acids is 1. The molecule has 0 fully saturated rings. The summed E-state index contributed by atoms with van der Waals surface area (Å²) in [6.45, 7) is 5.51. The summed E-state index contributed by atoms with van der Waals surface area (Å²) in [5.41, 5.74) is 4.85. The average Bonchev–Trinajstić information content (AvgIpc) is 2.55. The molecule has 0 saturated heterocycles. The van der Waals surface area contributed by atoms with E-state index in [4.69, 9.17) is 0 Å².